The first kappa shape index (κ1) is 23.1. The molecule has 2 unspecified atom stereocenters. The average molecular weight is 467 g/mol. The molecular weight excluding hydrogens is 432 g/mol. The minimum absolute atomic E-state index is 0.0208. The van der Waals surface area contributed by atoms with E-state index in [0.29, 0.717) is 12.1 Å². The van der Waals surface area contributed by atoms with Crippen molar-refractivity contribution in [3.63, 3.8) is 0 Å². The first-order valence-corrected chi connectivity index (χ1v) is 14.1. The van der Waals surface area contributed by atoms with Gasteiger partial charge in [0.25, 0.3) is 5.91 Å². The van der Waals surface area contributed by atoms with Crippen LogP contribution >= 0.6 is 11.8 Å². The number of benzene rings is 1. The molecule has 1 saturated carbocycles. The molecule has 0 bridgehead atoms. The van der Waals surface area contributed by atoms with Gasteiger partial charge in [-0.25, -0.2) is 8.42 Å². The maximum Gasteiger partial charge on any atom is 0.254 e. The summed E-state index contributed by atoms with van der Waals surface area (Å²) in [5.74, 6) is 2.01. The molecule has 1 aliphatic carbocycles. The van der Waals surface area contributed by atoms with Gasteiger partial charge < -0.3 is 9.64 Å². The summed E-state index contributed by atoms with van der Waals surface area (Å²) in [5, 5.41) is 0. The lowest BCUT2D eigenvalue weighted by Crippen LogP contribution is -2.44. The molecule has 1 aromatic rings. The fraction of sp³-hybridized carbons (Fsp3) is 0.696. The first-order chi connectivity index (χ1) is 15.0. The monoisotopic (exact) mass is 466 g/mol. The standard InChI is InChI=1S/C23H34N2O4S2/c1-24(19-6-3-2-4-7-19)31(27,28)22-11-9-18(10-12-22)23(26)25(20-13-15-30-17-20)16-21-8-5-14-29-21/h9-12,19-21H,2-8,13-17H2,1H3. The Hall–Kier alpha value is -1.09. The molecule has 0 N–H and O–H groups in total. The summed E-state index contributed by atoms with van der Waals surface area (Å²) in [6, 6.07) is 6.83. The zero-order chi connectivity index (χ0) is 21.8. The van der Waals surface area contributed by atoms with Crippen LogP contribution in [0.3, 0.4) is 0 Å². The topological polar surface area (TPSA) is 66.9 Å². The van der Waals surface area contributed by atoms with Crippen LogP contribution in [-0.4, -0.2) is 73.4 Å². The van der Waals surface area contributed by atoms with E-state index in [1.165, 1.54) is 10.7 Å². The normalized spacial score (nSPS) is 25.2. The zero-order valence-corrected chi connectivity index (χ0v) is 20.0. The average Bonchev–Trinajstić information content (AvgIpc) is 3.51. The van der Waals surface area contributed by atoms with E-state index in [1.807, 2.05) is 16.7 Å². The second-order valence-corrected chi connectivity index (χ2v) is 12.1. The molecule has 3 aliphatic rings. The van der Waals surface area contributed by atoms with Gasteiger partial charge in [-0.15, -0.1) is 0 Å². The maximum absolute atomic E-state index is 13.4. The van der Waals surface area contributed by atoms with E-state index < -0.39 is 10.0 Å². The SMILES string of the molecule is CN(C1CCCCC1)S(=O)(=O)c1ccc(C(=O)N(CC2CCCO2)C2CCSC2)cc1. The smallest absolute Gasteiger partial charge is 0.254 e. The van der Waals surface area contributed by atoms with Gasteiger partial charge in [-0.3, -0.25) is 4.79 Å². The highest BCUT2D eigenvalue weighted by molar-refractivity contribution is 7.99. The third kappa shape index (κ3) is 5.29. The van der Waals surface area contributed by atoms with Crippen LogP contribution in [0.5, 0.6) is 0 Å². The van der Waals surface area contributed by atoms with Gasteiger partial charge in [-0.2, -0.15) is 16.1 Å². The van der Waals surface area contributed by atoms with Gasteiger partial charge in [0.15, 0.2) is 0 Å². The van der Waals surface area contributed by atoms with Crippen LogP contribution in [0.1, 0.15) is 61.7 Å². The minimum atomic E-state index is -3.55. The van der Waals surface area contributed by atoms with Crippen molar-refractivity contribution in [3.8, 4) is 0 Å². The van der Waals surface area contributed by atoms with Gasteiger partial charge in [0.2, 0.25) is 10.0 Å². The summed E-state index contributed by atoms with van der Waals surface area (Å²) < 4.78 is 33.5. The lowest BCUT2D eigenvalue weighted by Gasteiger charge is -2.31. The molecule has 31 heavy (non-hydrogen) atoms. The maximum atomic E-state index is 13.4. The van der Waals surface area contributed by atoms with E-state index in [-0.39, 0.29) is 29.0 Å². The molecule has 0 aromatic heterocycles. The van der Waals surface area contributed by atoms with Crippen molar-refractivity contribution in [3.05, 3.63) is 29.8 Å². The van der Waals surface area contributed by atoms with Crippen LogP contribution in [-0.2, 0) is 14.8 Å². The molecular formula is C23H34N2O4S2. The predicted octanol–water partition coefficient (Wildman–Crippen LogP) is 3.77. The van der Waals surface area contributed by atoms with Crippen LogP contribution in [0.15, 0.2) is 29.2 Å². The van der Waals surface area contributed by atoms with E-state index in [2.05, 4.69) is 0 Å². The predicted molar refractivity (Wildman–Crippen MR) is 124 cm³/mol. The van der Waals surface area contributed by atoms with Crippen LogP contribution in [0, 0.1) is 0 Å². The fourth-order valence-electron chi connectivity index (χ4n) is 4.92. The van der Waals surface area contributed by atoms with Crippen molar-refractivity contribution in [1.82, 2.24) is 9.21 Å². The highest BCUT2D eigenvalue weighted by Crippen LogP contribution is 2.28. The summed E-state index contributed by atoms with van der Waals surface area (Å²) in [6.07, 6.45) is 8.34. The Balaban J connectivity index is 1.49. The molecule has 4 rings (SSSR count). The summed E-state index contributed by atoms with van der Waals surface area (Å²) in [5.41, 5.74) is 0.550. The van der Waals surface area contributed by atoms with E-state index in [4.69, 9.17) is 4.74 Å². The molecule has 0 spiro atoms. The molecule has 172 valence electrons. The Bertz CT molecular complexity index is 841. The third-order valence-corrected chi connectivity index (χ3v) is 9.97. The number of ether oxygens (including phenoxy) is 1. The molecule has 2 aliphatic heterocycles. The number of sulfonamides is 1. The number of carbonyl (C=O) groups excluding carboxylic acids is 1. The van der Waals surface area contributed by atoms with Crippen LogP contribution in [0.2, 0.25) is 0 Å². The van der Waals surface area contributed by atoms with Gasteiger partial charge in [-0.05, 0) is 62.1 Å². The number of amides is 1. The number of thioether (sulfide) groups is 1. The Morgan fingerprint density at radius 2 is 1.77 bits per heavy atom. The van der Waals surface area contributed by atoms with E-state index in [0.717, 1.165) is 63.1 Å². The Labute approximate surface area is 190 Å². The van der Waals surface area contributed by atoms with Crippen molar-refractivity contribution < 1.29 is 17.9 Å². The van der Waals surface area contributed by atoms with Gasteiger partial charge in [-0.1, -0.05) is 19.3 Å². The number of nitrogens with zero attached hydrogens (tertiary/aromatic N) is 2. The van der Waals surface area contributed by atoms with Gasteiger partial charge in [0.1, 0.15) is 0 Å². The molecule has 2 heterocycles. The Kier molecular flexibility index (Phi) is 7.62. The first-order valence-electron chi connectivity index (χ1n) is 11.6. The highest BCUT2D eigenvalue weighted by Gasteiger charge is 2.32. The highest BCUT2D eigenvalue weighted by atomic mass is 32.2. The zero-order valence-electron chi connectivity index (χ0n) is 18.4. The van der Waals surface area contributed by atoms with E-state index in [1.54, 1.807) is 31.3 Å². The van der Waals surface area contributed by atoms with Gasteiger partial charge >= 0.3 is 0 Å². The molecule has 8 heteroatoms. The number of hydrogen-bond donors (Lipinski definition) is 0. The summed E-state index contributed by atoms with van der Waals surface area (Å²) in [6.45, 7) is 1.39. The molecule has 2 atom stereocenters. The second kappa shape index (κ2) is 10.2. The molecule has 2 saturated heterocycles. The van der Waals surface area contributed by atoms with Gasteiger partial charge in [0.05, 0.1) is 11.0 Å². The van der Waals surface area contributed by atoms with Gasteiger partial charge in [0, 0.05) is 43.6 Å². The van der Waals surface area contributed by atoms with Crippen LogP contribution < -0.4 is 0 Å². The second-order valence-electron chi connectivity index (χ2n) is 8.95. The molecule has 3 fully saturated rings. The van der Waals surface area contributed by atoms with Crippen molar-refractivity contribution >= 4 is 27.7 Å². The molecule has 1 aromatic carbocycles. The van der Waals surface area contributed by atoms with E-state index in [9.17, 15) is 13.2 Å². The van der Waals surface area contributed by atoms with E-state index >= 15 is 0 Å². The lowest BCUT2D eigenvalue weighted by molar-refractivity contribution is 0.0441. The van der Waals surface area contributed by atoms with Crippen LogP contribution in [0.4, 0.5) is 0 Å². The van der Waals surface area contributed by atoms with Crippen molar-refractivity contribution in [2.24, 2.45) is 0 Å². The third-order valence-electron chi connectivity index (χ3n) is 6.90. The molecule has 1 amide bonds. The number of hydrogen-bond acceptors (Lipinski definition) is 5. The lowest BCUT2D eigenvalue weighted by atomic mass is 9.96. The van der Waals surface area contributed by atoms with Crippen molar-refractivity contribution in [2.45, 2.75) is 74.4 Å². The fourth-order valence-corrected chi connectivity index (χ4v) is 7.56. The Morgan fingerprint density at radius 1 is 1.03 bits per heavy atom. The summed E-state index contributed by atoms with van der Waals surface area (Å²) >= 11 is 1.88. The number of carbonyl (C=O) groups is 1. The number of rotatable bonds is 7. The Morgan fingerprint density at radius 3 is 2.39 bits per heavy atom. The molecule has 6 nitrogen and oxygen atoms in total. The van der Waals surface area contributed by atoms with Crippen molar-refractivity contribution in [2.75, 3.05) is 31.7 Å². The summed E-state index contributed by atoms with van der Waals surface area (Å²) in [4.78, 5) is 15.6. The van der Waals surface area contributed by atoms with Crippen molar-refractivity contribution in [1.29, 1.82) is 0 Å². The minimum Gasteiger partial charge on any atom is -0.376 e. The summed E-state index contributed by atoms with van der Waals surface area (Å²) in [7, 11) is -1.86. The largest absolute Gasteiger partial charge is 0.376 e. The quantitative estimate of drug-likeness (QED) is 0.612. The molecule has 0 radical (unpaired) electrons. The van der Waals surface area contributed by atoms with Crippen LogP contribution in [0.25, 0.3) is 0 Å².